The zero-order valence-electron chi connectivity index (χ0n) is 14.7. The van der Waals surface area contributed by atoms with Crippen LogP contribution < -0.4 is 14.8 Å². The zero-order chi connectivity index (χ0) is 18.2. The highest BCUT2D eigenvalue weighted by atomic mass is 16.5. The Morgan fingerprint density at radius 1 is 1.24 bits per heavy atom. The molecule has 1 amide bonds. The summed E-state index contributed by atoms with van der Waals surface area (Å²) < 4.78 is 16.0. The van der Waals surface area contributed by atoms with Gasteiger partial charge in [-0.1, -0.05) is 0 Å². The van der Waals surface area contributed by atoms with Crippen LogP contribution in [0.3, 0.4) is 0 Å². The van der Waals surface area contributed by atoms with Gasteiger partial charge in [0, 0.05) is 18.0 Å². The highest BCUT2D eigenvalue weighted by molar-refractivity contribution is 5.94. The Hall–Kier alpha value is -2.76. The van der Waals surface area contributed by atoms with E-state index in [1.165, 1.54) is 14.0 Å². The maximum Gasteiger partial charge on any atom is 0.258 e. The highest BCUT2D eigenvalue weighted by Gasteiger charge is 2.12. The third kappa shape index (κ3) is 5.67. The van der Waals surface area contributed by atoms with E-state index in [0.29, 0.717) is 17.1 Å². The summed E-state index contributed by atoms with van der Waals surface area (Å²) >= 11 is 0. The van der Waals surface area contributed by atoms with Gasteiger partial charge in [-0.2, -0.15) is 0 Å². The SMILES string of the molecule is COc1cc(C(C)=O)ccc1OCC(=O)N[C@@H](C)CCc1ccco1. The number of carbonyl (C=O) groups is 2. The average Bonchev–Trinajstić information content (AvgIpc) is 3.11. The number of methoxy groups -OCH3 is 1. The van der Waals surface area contributed by atoms with Crippen molar-refractivity contribution in [3.05, 3.63) is 47.9 Å². The Balaban J connectivity index is 1.81. The minimum absolute atomic E-state index is 0.00295. The second kappa shape index (κ2) is 8.92. The molecule has 0 saturated carbocycles. The summed E-state index contributed by atoms with van der Waals surface area (Å²) in [4.78, 5) is 23.4. The third-order valence-electron chi connectivity index (χ3n) is 3.74. The Kier molecular flexibility index (Phi) is 6.62. The fourth-order valence-corrected chi connectivity index (χ4v) is 2.35. The highest BCUT2D eigenvalue weighted by Crippen LogP contribution is 2.28. The van der Waals surface area contributed by atoms with Crippen molar-refractivity contribution in [2.75, 3.05) is 13.7 Å². The monoisotopic (exact) mass is 345 g/mol. The Morgan fingerprint density at radius 3 is 2.68 bits per heavy atom. The first-order valence-corrected chi connectivity index (χ1v) is 8.13. The molecule has 2 aromatic rings. The van der Waals surface area contributed by atoms with Crippen molar-refractivity contribution in [3.8, 4) is 11.5 Å². The summed E-state index contributed by atoms with van der Waals surface area (Å²) in [6.07, 6.45) is 3.17. The standard InChI is InChI=1S/C19H23NO5/c1-13(6-8-16-5-4-10-24-16)20-19(22)12-25-17-9-7-15(14(2)21)11-18(17)23-3/h4-5,7,9-11,13H,6,8,12H2,1-3H3,(H,20,22)/t13-/m0/s1. The van der Waals surface area contributed by atoms with Crippen LogP contribution in [0.2, 0.25) is 0 Å². The molecule has 0 unspecified atom stereocenters. The van der Waals surface area contributed by atoms with Crippen molar-refractivity contribution in [3.63, 3.8) is 0 Å². The Bertz CT molecular complexity index is 709. The molecular weight excluding hydrogens is 322 g/mol. The van der Waals surface area contributed by atoms with Gasteiger partial charge >= 0.3 is 0 Å². The van der Waals surface area contributed by atoms with E-state index in [2.05, 4.69) is 5.32 Å². The summed E-state index contributed by atoms with van der Waals surface area (Å²) in [6.45, 7) is 3.29. The van der Waals surface area contributed by atoms with Gasteiger partial charge in [-0.05, 0) is 50.6 Å². The molecule has 1 heterocycles. The number of amides is 1. The van der Waals surface area contributed by atoms with Gasteiger partial charge in [0.2, 0.25) is 0 Å². The molecule has 0 aliphatic rings. The molecule has 0 radical (unpaired) electrons. The van der Waals surface area contributed by atoms with Gasteiger partial charge in [0.15, 0.2) is 23.9 Å². The van der Waals surface area contributed by atoms with Crippen molar-refractivity contribution < 1.29 is 23.5 Å². The Morgan fingerprint density at radius 2 is 2.04 bits per heavy atom. The number of furan rings is 1. The van der Waals surface area contributed by atoms with Crippen molar-refractivity contribution in [1.82, 2.24) is 5.32 Å². The first-order chi connectivity index (χ1) is 12.0. The van der Waals surface area contributed by atoms with Crippen molar-refractivity contribution in [1.29, 1.82) is 0 Å². The summed E-state index contributed by atoms with van der Waals surface area (Å²) in [7, 11) is 1.49. The van der Waals surface area contributed by atoms with E-state index in [9.17, 15) is 9.59 Å². The lowest BCUT2D eigenvalue weighted by Gasteiger charge is -2.15. The molecule has 1 atom stereocenters. The predicted molar refractivity (Wildman–Crippen MR) is 93.1 cm³/mol. The number of nitrogens with one attached hydrogen (secondary N) is 1. The molecule has 1 aromatic carbocycles. The average molecular weight is 345 g/mol. The van der Waals surface area contributed by atoms with Crippen LogP contribution in [0.15, 0.2) is 41.0 Å². The normalized spacial score (nSPS) is 11.6. The van der Waals surface area contributed by atoms with Gasteiger partial charge < -0.3 is 19.2 Å². The van der Waals surface area contributed by atoms with Crippen LogP contribution in [0.5, 0.6) is 11.5 Å². The lowest BCUT2D eigenvalue weighted by molar-refractivity contribution is -0.123. The quantitative estimate of drug-likeness (QED) is 0.707. The third-order valence-corrected chi connectivity index (χ3v) is 3.74. The molecule has 0 aliphatic heterocycles. The number of carbonyl (C=O) groups excluding carboxylic acids is 2. The lowest BCUT2D eigenvalue weighted by atomic mass is 10.1. The van der Waals surface area contributed by atoms with Crippen molar-refractivity contribution in [2.24, 2.45) is 0 Å². The molecule has 0 spiro atoms. The van der Waals surface area contributed by atoms with E-state index in [4.69, 9.17) is 13.9 Å². The molecule has 1 N–H and O–H groups in total. The van der Waals surface area contributed by atoms with Crippen LogP contribution in [-0.4, -0.2) is 31.4 Å². The van der Waals surface area contributed by atoms with E-state index in [0.717, 1.165) is 18.6 Å². The van der Waals surface area contributed by atoms with E-state index < -0.39 is 0 Å². The van der Waals surface area contributed by atoms with Crippen LogP contribution in [0.4, 0.5) is 0 Å². The molecule has 134 valence electrons. The summed E-state index contributed by atoms with van der Waals surface area (Å²) in [5.41, 5.74) is 0.528. The smallest absolute Gasteiger partial charge is 0.258 e. The van der Waals surface area contributed by atoms with E-state index in [-0.39, 0.29) is 24.3 Å². The van der Waals surface area contributed by atoms with Gasteiger partial charge in [0.05, 0.1) is 13.4 Å². The molecular formula is C19H23NO5. The second-order valence-corrected chi connectivity index (χ2v) is 5.80. The minimum Gasteiger partial charge on any atom is -0.493 e. The van der Waals surface area contributed by atoms with Gasteiger partial charge in [0.1, 0.15) is 5.76 Å². The van der Waals surface area contributed by atoms with Crippen molar-refractivity contribution in [2.45, 2.75) is 32.7 Å². The largest absolute Gasteiger partial charge is 0.493 e. The van der Waals surface area contributed by atoms with Crippen LogP contribution in [-0.2, 0) is 11.2 Å². The van der Waals surface area contributed by atoms with Gasteiger partial charge in [-0.3, -0.25) is 9.59 Å². The molecule has 0 saturated heterocycles. The molecule has 6 nitrogen and oxygen atoms in total. The van der Waals surface area contributed by atoms with Crippen LogP contribution in [0, 0.1) is 0 Å². The molecule has 0 aliphatic carbocycles. The predicted octanol–water partition coefficient (Wildman–Crippen LogP) is 3.01. The van der Waals surface area contributed by atoms with E-state index in [1.807, 2.05) is 19.1 Å². The van der Waals surface area contributed by atoms with Crippen LogP contribution in [0.1, 0.15) is 36.4 Å². The van der Waals surface area contributed by atoms with Crippen LogP contribution >= 0.6 is 0 Å². The molecule has 2 rings (SSSR count). The van der Waals surface area contributed by atoms with Gasteiger partial charge in [0.25, 0.3) is 5.91 Å². The number of benzene rings is 1. The second-order valence-electron chi connectivity index (χ2n) is 5.80. The maximum absolute atomic E-state index is 12.0. The molecule has 1 aromatic heterocycles. The number of ketones is 1. The molecule has 6 heteroatoms. The fourth-order valence-electron chi connectivity index (χ4n) is 2.35. The zero-order valence-corrected chi connectivity index (χ0v) is 14.7. The minimum atomic E-state index is -0.218. The number of ether oxygens (including phenoxy) is 2. The first-order valence-electron chi connectivity index (χ1n) is 8.13. The van der Waals surface area contributed by atoms with Crippen LogP contribution in [0.25, 0.3) is 0 Å². The van der Waals surface area contributed by atoms with E-state index >= 15 is 0 Å². The fraction of sp³-hybridized carbons (Fsp3) is 0.368. The summed E-state index contributed by atoms with van der Waals surface area (Å²) in [5, 5.41) is 2.88. The first kappa shape index (κ1) is 18.6. The Labute approximate surface area is 147 Å². The van der Waals surface area contributed by atoms with Gasteiger partial charge in [-0.25, -0.2) is 0 Å². The number of aryl methyl sites for hydroxylation is 1. The lowest BCUT2D eigenvalue weighted by Crippen LogP contribution is -2.36. The number of rotatable bonds is 9. The summed E-state index contributed by atoms with van der Waals surface area (Å²) in [5.74, 6) is 1.46. The number of hydrogen-bond acceptors (Lipinski definition) is 5. The van der Waals surface area contributed by atoms with Crippen molar-refractivity contribution >= 4 is 11.7 Å². The molecule has 25 heavy (non-hydrogen) atoms. The molecule has 0 fully saturated rings. The molecule has 0 bridgehead atoms. The summed E-state index contributed by atoms with van der Waals surface area (Å²) in [6, 6.07) is 8.63. The van der Waals surface area contributed by atoms with E-state index in [1.54, 1.807) is 24.5 Å². The van der Waals surface area contributed by atoms with Gasteiger partial charge in [-0.15, -0.1) is 0 Å². The topological polar surface area (TPSA) is 77.8 Å². The maximum atomic E-state index is 12.0. The number of Topliss-reactive ketones (excluding diaryl/α,β-unsaturated/α-hetero) is 1. The number of hydrogen-bond donors (Lipinski definition) is 1.